The quantitative estimate of drug-likeness (QED) is 0.793. The summed E-state index contributed by atoms with van der Waals surface area (Å²) in [6, 6.07) is 16.7. The number of benzene rings is 2. The highest BCUT2D eigenvalue weighted by Crippen LogP contribution is 2.14. The molecule has 2 aromatic carbocycles. The molecule has 2 rings (SSSR count). The van der Waals surface area contributed by atoms with Gasteiger partial charge in [0.05, 0.1) is 12.2 Å². The first-order valence-electron chi connectivity index (χ1n) is 6.89. The van der Waals surface area contributed by atoms with E-state index in [0.717, 1.165) is 13.0 Å². The third-order valence-corrected chi connectivity index (χ3v) is 3.20. The Morgan fingerprint density at radius 1 is 1.10 bits per heavy atom. The van der Waals surface area contributed by atoms with E-state index in [1.165, 1.54) is 5.69 Å². The second-order valence-corrected chi connectivity index (χ2v) is 4.79. The van der Waals surface area contributed by atoms with Crippen LogP contribution >= 0.6 is 0 Å². The summed E-state index contributed by atoms with van der Waals surface area (Å²) >= 11 is 0. The number of hydrogen-bond donors (Lipinski definition) is 1. The van der Waals surface area contributed by atoms with Crippen LogP contribution in [0.2, 0.25) is 0 Å². The van der Waals surface area contributed by atoms with Gasteiger partial charge in [0.25, 0.3) is 0 Å². The fourth-order valence-corrected chi connectivity index (χ4v) is 2.00. The maximum atomic E-state index is 10.7. The molecule has 21 heavy (non-hydrogen) atoms. The Kier molecular flexibility index (Phi) is 5.21. The molecule has 0 aliphatic carbocycles. The van der Waals surface area contributed by atoms with E-state index in [-0.39, 0.29) is 5.56 Å². The number of aromatic carboxylic acids is 1. The average molecular weight is 285 g/mol. The van der Waals surface area contributed by atoms with Crippen molar-refractivity contribution in [2.75, 3.05) is 25.1 Å². The number of carboxylic acids is 1. The molecule has 110 valence electrons. The maximum absolute atomic E-state index is 10.7. The van der Waals surface area contributed by atoms with E-state index in [1.54, 1.807) is 24.3 Å². The topological polar surface area (TPSA) is 49.8 Å². The number of hydrogen-bond acceptors (Lipinski definition) is 3. The lowest BCUT2D eigenvalue weighted by molar-refractivity contribution is 0.0697. The van der Waals surface area contributed by atoms with Gasteiger partial charge >= 0.3 is 5.97 Å². The molecule has 1 N–H and O–H groups in total. The molecule has 4 heteroatoms. The molecule has 0 atom stereocenters. The van der Waals surface area contributed by atoms with Gasteiger partial charge in [-0.25, -0.2) is 4.79 Å². The number of anilines is 1. The van der Waals surface area contributed by atoms with Crippen molar-refractivity contribution < 1.29 is 14.6 Å². The molecule has 0 fully saturated rings. The van der Waals surface area contributed by atoms with Crippen molar-refractivity contribution in [2.24, 2.45) is 0 Å². The number of rotatable bonds is 7. The zero-order valence-electron chi connectivity index (χ0n) is 12.0. The molecule has 0 amide bonds. The first-order valence-corrected chi connectivity index (χ1v) is 6.89. The van der Waals surface area contributed by atoms with Crippen LogP contribution in [0.15, 0.2) is 54.6 Å². The van der Waals surface area contributed by atoms with Crippen LogP contribution in [0.25, 0.3) is 0 Å². The van der Waals surface area contributed by atoms with Crippen molar-refractivity contribution in [2.45, 2.75) is 6.42 Å². The summed E-state index contributed by atoms with van der Waals surface area (Å²) < 4.78 is 5.61. The molecule has 0 unspecified atom stereocenters. The van der Waals surface area contributed by atoms with Crippen LogP contribution in [-0.2, 0) is 0 Å². The fraction of sp³-hybridized carbons (Fsp3) is 0.235. The molecule has 0 heterocycles. The van der Waals surface area contributed by atoms with Crippen molar-refractivity contribution in [3.8, 4) is 5.75 Å². The maximum Gasteiger partial charge on any atom is 0.335 e. The van der Waals surface area contributed by atoms with Crippen LogP contribution in [0.5, 0.6) is 5.75 Å². The summed E-state index contributed by atoms with van der Waals surface area (Å²) in [6.45, 7) is 1.50. The van der Waals surface area contributed by atoms with E-state index < -0.39 is 5.97 Å². The monoisotopic (exact) mass is 285 g/mol. The van der Waals surface area contributed by atoms with Gasteiger partial charge in [0, 0.05) is 19.3 Å². The molecule has 0 spiro atoms. The predicted octanol–water partition coefficient (Wildman–Crippen LogP) is 3.29. The lowest BCUT2D eigenvalue weighted by Crippen LogP contribution is -2.20. The highest BCUT2D eigenvalue weighted by Gasteiger charge is 2.03. The highest BCUT2D eigenvalue weighted by atomic mass is 16.5. The minimum absolute atomic E-state index is 0.270. The van der Waals surface area contributed by atoms with Crippen molar-refractivity contribution in [1.82, 2.24) is 0 Å². The summed E-state index contributed by atoms with van der Waals surface area (Å²) in [4.78, 5) is 12.9. The summed E-state index contributed by atoms with van der Waals surface area (Å²) in [7, 11) is 2.05. The molecular formula is C17H19NO3. The van der Waals surface area contributed by atoms with E-state index in [9.17, 15) is 4.79 Å². The molecule has 0 saturated heterocycles. The lowest BCUT2D eigenvalue weighted by atomic mass is 10.2. The highest BCUT2D eigenvalue weighted by molar-refractivity contribution is 5.87. The van der Waals surface area contributed by atoms with Crippen LogP contribution < -0.4 is 9.64 Å². The van der Waals surface area contributed by atoms with Crippen LogP contribution in [0, 0.1) is 0 Å². The third kappa shape index (κ3) is 4.53. The fourth-order valence-electron chi connectivity index (χ4n) is 2.00. The first kappa shape index (κ1) is 14.9. The first-order chi connectivity index (χ1) is 10.2. The van der Waals surface area contributed by atoms with Crippen LogP contribution in [0.3, 0.4) is 0 Å². The second kappa shape index (κ2) is 7.33. The van der Waals surface area contributed by atoms with E-state index in [0.29, 0.717) is 12.4 Å². The predicted molar refractivity (Wildman–Crippen MR) is 83.2 cm³/mol. The van der Waals surface area contributed by atoms with Crippen molar-refractivity contribution >= 4 is 11.7 Å². The average Bonchev–Trinajstić information content (AvgIpc) is 2.52. The molecule has 0 aromatic heterocycles. The van der Waals surface area contributed by atoms with Gasteiger partial charge in [-0.05, 0) is 42.8 Å². The summed E-state index contributed by atoms with van der Waals surface area (Å²) in [5.41, 5.74) is 1.45. The van der Waals surface area contributed by atoms with Crippen molar-refractivity contribution in [1.29, 1.82) is 0 Å². The van der Waals surface area contributed by atoms with Crippen LogP contribution in [-0.4, -0.2) is 31.3 Å². The molecule has 0 saturated carbocycles. The van der Waals surface area contributed by atoms with Crippen molar-refractivity contribution in [3.63, 3.8) is 0 Å². The molecule has 2 aromatic rings. The van der Waals surface area contributed by atoms with Gasteiger partial charge in [0.1, 0.15) is 5.75 Å². The SMILES string of the molecule is CN(CCCOc1ccc(C(=O)O)cc1)c1ccccc1. The minimum Gasteiger partial charge on any atom is -0.494 e. The Bertz CT molecular complexity index is 566. The summed E-state index contributed by atoms with van der Waals surface area (Å²) in [5, 5.41) is 8.81. The standard InChI is InChI=1S/C17H19NO3/c1-18(15-6-3-2-4-7-15)12-5-13-21-16-10-8-14(9-11-16)17(19)20/h2-4,6-11H,5,12-13H2,1H3,(H,19,20). The van der Waals surface area contributed by atoms with Gasteiger partial charge in [-0.15, -0.1) is 0 Å². The normalized spacial score (nSPS) is 10.1. The van der Waals surface area contributed by atoms with Gasteiger partial charge in [0.15, 0.2) is 0 Å². The molecule has 4 nitrogen and oxygen atoms in total. The molecule has 0 radical (unpaired) electrons. The van der Waals surface area contributed by atoms with Gasteiger partial charge < -0.3 is 14.7 Å². The Labute approximate surface area is 124 Å². The summed E-state index contributed by atoms with van der Waals surface area (Å²) in [6.07, 6.45) is 0.895. The third-order valence-electron chi connectivity index (χ3n) is 3.20. The Morgan fingerprint density at radius 2 is 1.76 bits per heavy atom. The minimum atomic E-state index is -0.925. The lowest BCUT2D eigenvalue weighted by Gasteiger charge is -2.19. The number of ether oxygens (including phenoxy) is 1. The number of carbonyl (C=O) groups is 1. The summed E-state index contributed by atoms with van der Waals surface area (Å²) in [5.74, 6) is -0.228. The van der Waals surface area contributed by atoms with E-state index in [1.807, 2.05) is 18.2 Å². The van der Waals surface area contributed by atoms with Crippen LogP contribution in [0.1, 0.15) is 16.8 Å². The zero-order valence-corrected chi connectivity index (χ0v) is 12.0. The molecular weight excluding hydrogens is 266 g/mol. The largest absolute Gasteiger partial charge is 0.494 e. The molecule has 0 aliphatic rings. The van der Waals surface area contributed by atoms with E-state index in [4.69, 9.17) is 9.84 Å². The second-order valence-electron chi connectivity index (χ2n) is 4.79. The Morgan fingerprint density at radius 3 is 2.38 bits per heavy atom. The van der Waals surface area contributed by atoms with Gasteiger partial charge in [-0.3, -0.25) is 0 Å². The van der Waals surface area contributed by atoms with Gasteiger partial charge in [-0.1, -0.05) is 18.2 Å². The number of nitrogens with zero attached hydrogens (tertiary/aromatic N) is 1. The van der Waals surface area contributed by atoms with E-state index in [2.05, 4.69) is 24.1 Å². The van der Waals surface area contributed by atoms with Gasteiger partial charge in [0.2, 0.25) is 0 Å². The zero-order chi connectivity index (χ0) is 15.1. The Hall–Kier alpha value is -2.49. The van der Waals surface area contributed by atoms with E-state index >= 15 is 0 Å². The smallest absolute Gasteiger partial charge is 0.335 e. The van der Waals surface area contributed by atoms with Gasteiger partial charge in [-0.2, -0.15) is 0 Å². The number of carboxylic acid groups (broad SMARTS) is 1. The number of para-hydroxylation sites is 1. The van der Waals surface area contributed by atoms with Crippen LogP contribution in [0.4, 0.5) is 5.69 Å². The van der Waals surface area contributed by atoms with Crippen molar-refractivity contribution in [3.05, 3.63) is 60.2 Å². The molecule has 0 bridgehead atoms. The molecule has 0 aliphatic heterocycles. The Balaban J connectivity index is 1.73.